The van der Waals surface area contributed by atoms with Crippen LogP contribution in [0, 0.1) is 0 Å². The molecule has 0 saturated heterocycles. The fourth-order valence-corrected chi connectivity index (χ4v) is 2.73. The number of ether oxygens (including phenoxy) is 1. The van der Waals surface area contributed by atoms with Crippen molar-refractivity contribution in [3.63, 3.8) is 0 Å². The smallest absolute Gasteiger partial charge is 0.408 e. The number of carbonyl (C=O) groups excluding carboxylic acids is 2. The van der Waals surface area contributed by atoms with E-state index in [1.807, 2.05) is 0 Å². The van der Waals surface area contributed by atoms with Crippen LogP contribution in [0.1, 0.15) is 36.9 Å². The first kappa shape index (κ1) is 17.6. The van der Waals surface area contributed by atoms with Gasteiger partial charge in [-0.1, -0.05) is 0 Å². The average Bonchev–Trinajstić information content (AvgIpc) is 2.72. The van der Waals surface area contributed by atoms with E-state index in [1.165, 1.54) is 11.3 Å². The fourth-order valence-electron chi connectivity index (χ4n) is 1.40. The van der Waals surface area contributed by atoms with Crippen LogP contribution in [0.15, 0.2) is 15.9 Å². The molecule has 6 nitrogen and oxygen atoms in total. The first-order valence-electron chi connectivity index (χ1n) is 6.09. The van der Waals surface area contributed by atoms with Crippen molar-refractivity contribution in [3.05, 3.63) is 20.8 Å². The summed E-state index contributed by atoms with van der Waals surface area (Å²) >= 11 is 4.44. The lowest BCUT2D eigenvalue weighted by atomic mass is 10.1. The van der Waals surface area contributed by atoms with Crippen molar-refractivity contribution in [1.82, 2.24) is 5.32 Å². The number of aliphatic carboxylic acids is 1. The SMILES string of the molecule is CC(C)(C)OC(=O)NC(CC(=O)c1ccc(Br)s1)C(=O)O. The number of amides is 1. The third kappa shape index (κ3) is 6.26. The van der Waals surface area contributed by atoms with Crippen LogP contribution >= 0.6 is 27.3 Å². The molecule has 1 unspecified atom stereocenters. The van der Waals surface area contributed by atoms with Gasteiger partial charge in [0.1, 0.15) is 11.6 Å². The van der Waals surface area contributed by atoms with Crippen LogP contribution in [0.3, 0.4) is 0 Å². The Balaban J connectivity index is 2.68. The van der Waals surface area contributed by atoms with Crippen molar-refractivity contribution in [3.8, 4) is 0 Å². The Morgan fingerprint density at radius 1 is 1.38 bits per heavy atom. The van der Waals surface area contributed by atoms with Gasteiger partial charge in [-0.25, -0.2) is 9.59 Å². The minimum atomic E-state index is -1.33. The van der Waals surface area contributed by atoms with Crippen molar-refractivity contribution in [1.29, 1.82) is 0 Å². The van der Waals surface area contributed by atoms with Crippen LogP contribution < -0.4 is 5.32 Å². The Bertz CT molecular complexity index is 549. The predicted octanol–water partition coefficient (Wildman–Crippen LogP) is 3.06. The number of alkyl carbamates (subject to hydrolysis) is 1. The van der Waals surface area contributed by atoms with E-state index in [0.29, 0.717) is 4.88 Å². The van der Waals surface area contributed by atoms with Gasteiger partial charge in [0.2, 0.25) is 0 Å². The van der Waals surface area contributed by atoms with Gasteiger partial charge >= 0.3 is 12.1 Å². The topological polar surface area (TPSA) is 92.7 Å². The van der Waals surface area contributed by atoms with Gasteiger partial charge in [-0.2, -0.15) is 0 Å². The van der Waals surface area contributed by atoms with E-state index in [-0.39, 0.29) is 12.2 Å². The molecule has 8 heteroatoms. The van der Waals surface area contributed by atoms with Gasteiger partial charge in [-0.3, -0.25) is 4.79 Å². The van der Waals surface area contributed by atoms with E-state index in [1.54, 1.807) is 32.9 Å². The number of nitrogens with one attached hydrogen (secondary N) is 1. The summed E-state index contributed by atoms with van der Waals surface area (Å²) in [6.45, 7) is 4.99. The molecule has 0 spiro atoms. The number of thiophene rings is 1. The summed E-state index contributed by atoms with van der Waals surface area (Å²) in [4.78, 5) is 35.1. The zero-order valence-electron chi connectivity index (χ0n) is 11.8. The number of rotatable bonds is 5. The summed E-state index contributed by atoms with van der Waals surface area (Å²) in [5, 5.41) is 11.3. The Labute approximate surface area is 134 Å². The minimum Gasteiger partial charge on any atom is -0.480 e. The van der Waals surface area contributed by atoms with Gasteiger partial charge in [0.25, 0.3) is 0 Å². The molecule has 1 aromatic heterocycles. The van der Waals surface area contributed by atoms with Crippen molar-refractivity contribution < 1.29 is 24.2 Å². The molecule has 1 aromatic rings. The van der Waals surface area contributed by atoms with Crippen molar-refractivity contribution in [2.45, 2.75) is 38.8 Å². The number of Topliss-reactive ketones (excluding diaryl/α,β-unsaturated/α-hetero) is 1. The number of carbonyl (C=O) groups is 3. The highest BCUT2D eigenvalue weighted by atomic mass is 79.9. The molecule has 1 amide bonds. The summed E-state index contributed by atoms with van der Waals surface area (Å²) in [5.74, 6) is -1.64. The van der Waals surface area contributed by atoms with Gasteiger partial charge in [0, 0.05) is 6.42 Å². The Morgan fingerprint density at radius 3 is 2.43 bits per heavy atom. The van der Waals surface area contributed by atoms with Crippen LogP contribution in [-0.4, -0.2) is 34.6 Å². The van der Waals surface area contributed by atoms with E-state index in [4.69, 9.17) is 9.84 Å². The maximum Gasteiger partial charge on any atom is 0.408 e. The number of carboxylic acid groups (broad SMARTS) is 1. The van der Waals surface area contributed by atoms with Crippen LogP contribution in [0.4, 0.5) is 4.79 Å². The number of hydrogen-bond donors (Lipinski definition) is 2. The number of carboxylic acids is 1. The molecule has 116 valence electrons. The first-order chi connectivity index (χ1) is 9.58. The van der Waals surface area contributed by atoms with Gasteiger partial charge in [0.15, 0.2) is 5.78 Å². The second kappa shape index (κ2) is 7.04. The quantitative estimate of drug-likeness (QED) is 0.769. The highest BCUT2D eigenvalue weighted by Crippen LogP contribution is 2.23. The van der Waals surface area contributed by atoms with Gasteiger partial charge < -0.3 is 15.2 Å². The summed E-state index contributed by atoms with van der Waals surface area (Å²) < 4.78 is 5.76. The molecule has 0 fully saturated rings. The van der Waals surface area contributed by atoms with Gasteiger partial charge in [-0.05, 0) is 48.8 Å². The fraction of sp³-hybridized carbons (Fsp3) is 0.462. The molecule has 2 N–H and O–H groups in total. The zero-order chi connectivity index (χ0) is 16.2. The number of ketones is 1. The monoisotopic (exact) mass is 377 g/mol. The normalized spacial score (nSPS) is 12.6. The van der Waals surface area contributed by atoms with Crippen LogP contribution in [0.5, 0.6) is 0 Å². The highest BCUT2D eigenvalue weighted by Gasteiger charge is 2.27. The average molecular weight is 378 g/mol. The largest absolute Gasteiger partial charge is 0.480 e. The van der Waals surface area contributed by atoms with Crippen LogP contribution in [-0.2, 0) is 9.53 Å². The molecule has 1 atom stereocenters. The Kier molecular flexibility index (Phi) is 5.91. The van der Waals surface area contributed by atoms with E-state index in [9.17, 15) is 14.4 Å². The third-order valence-electron chi connectivity index (χ3n) is 2.23. The Morgan fingerprint density at radius 2 is 2.00 bits per heavy atom. The summed E-state index contributed by atoms with van der Waals surface area (Å²) in [7, 11) is 0. The molecule has 1 heterocycles. The molecule has 1 rings (SSSR count). The molecule has 0 aliphatic rings. The van der Waals surface area contributed by atoms with Crippen molar-refractivity contribution >= 4 is 45.1 Å². The maximum absolute atomic E-state index is 12.0. The lowest BCUT2D eigenvalue weighted by molar-refractivity contribution is -0.139. The van der Waals surface area contributed by atoms with E-state index in [2.05, 4.69) is 21.2 Å². The molecule has 0 aliphatic heterocycles. The summed E-state index contributed by atoms with van der Waals surface area (Å²) in [5.41, 5.74) is -0.740. The molecule has 21 heavy (non-hydrogen) atoms. The van der Waals surface area contributed by atoms with Crippen LogP contribution in [0.2, 0.25) is 0 Å². The summed E-state index contributed by atoms with van der Waals surface area (Å²) in [6.07, 6.45) is -1.20. The maximum atomic E-state index is 12.0. The second-order valence-corrected chi connectivity index (χ2v) is 7.73. The zero-order valence-corrected chi connectivity index (χ0v) is 14.2. The minimum absolute atomic E-state index is 0.332. The molecular formula is C13H16BrNO5S. The van der Waals surface area contributed by atoms with Gasteiger partial charge in [0.05, 0.1) is 8.66 Å². The Hall–Kier alpha value is -1.41. The van der Waals surface area contributed by atoms with E-state index in [0.717, 1.165) is 3.79 Å². The third-order valence-corrected chi connectivity index (χ3v) is 3.89. The molecule has 0 bridgehead atoms. The number of halogens is 1. The predicted molar refractivity (Wildman–Crippen MR) is 81.8 cm³/mol. The second-order valence-electron chi connectivity index (χ2n) is 5.27. The highest BCUT2D eigenvalue weighted by molar-refractivity contribution is 9.11. The standard InChI is InChI=1S/C13H16BrNO5S/c1-13(2,3)20-12(19)15-7(11(17)18)6-8(16)9-4-5-10(14)21-9/h4-5,7H,6H2,1-3H3,(H,15,19)(H,17,18). The molecule has 0 aliphatic carbocycles. The summed E-state index contributed by atoms with van der Waals surface area (Å²) in [6, 6.07) is 1.98. The van der Waals surface area contributed by atoms with Crippen LogP contribution in [0.25, 0.3) is 0 Å². The van der Waals surface area contributed by atoms with Crippen molar-refractivity contribution in [2.75, 3.05) is 0 Å². The molecule has 0 radical (unpaired) electrons. The van der Waals surface area contributed by atoms with Crippen molar-refractivity contribution in [2.24, 2.45) is 0 Å². The number of hydrogen-bond acceptors (Lipinski definition) is 5. The van der Waals surface area contributed by atoms with E-state index >= 15 is 0 Å². The lowest BCUT2D eigenvalue weighted by Crippen LogP contribution is -2.44. The lowest BCUT2D eigenvalue weighted by Gasteiger charge is -2.21. The van der Waals surface area contributed by atoms with Gasteiger partial charge in [-0.15, -0.1) is 11.3 Å². The first-order valence-corrected chi connectivity index (χ1v) is 7.70. The molecule has 0 saturated carbocycles. The van der Waals surface area contributed by atoms with E-state index < -0.39 is 23.7 Å². The molecular weight excluding hydrogens is 362 g/mol. The molecule has 0 aromatic carbocycles.